The smallest absolute Gasteiger partial charge is 0.0503 e. The lowest BCUT2D eigenvalue weighted by Crippen LogP contribution is -2.30. The van der Waals surface area contributed by atoms with Crippen molar-refractivity contribution in [3.8, 4) is 0 Å². The lowest BCUT2D eigenvalue weighted by Gasteiger charge is -2.10. The maximum atomic E-state index is 7.98. The summed E-state index contributed by atoms with van der Waals surface area (Å²) in [5.74, 6) is 0. The van der Waals surface area contributed by atoms with Gasteiger partial charge in [0.15, 0.2) is 0 Å². The molecule has 0 saturated carbocycles. The van der Waals surface area contributed by atoms with Crippen molar-refractivity contribution in [2.75, 3.05) is 0 Å². The van der Waals surface area contributed by atoms with E-state index in [0.29, 0.717) is 12.1 Å². The molecule has 2 aromatic carbocycles. The molecule has 1 atom stereocenters. The molecule has 2 rings (SSSR count). The molecular weight excluding hydrogens is 232 g/mol. The minimum absolute atomic E-state index is 0.262. The Kier molecular flexibility index (Phi) is 4.65. The Morgan fingerprint density at radius 1 is 1.00 bits per heavy atom. The molecule has 19 heavy (non-hydrogen) atoms. The van der Waals surface area contributed by atoms with Crippen molar-refractivity contribution in [2.45, 2.75) is 12.5 Å². The highest BCUT2D eigenvalue weighted by atomic mass is 14.7. The van der Waals surface area contributed by atoms with Gasteiger partial charge in [-0.15, -0.1) is 0 Å². The van der Waals surface area contributed by atoms with Crippen LogP contribution in [0.2, 0.25) is 0 Å². The van der Waals surface area contributed by atoms with E-state index in [0.717, 1.165) is 11.1 Å². The molecule has 0 aliphatic carbocycles. The molecule has 0 aliphatic rings. The molecule has 0 bridgehead atoms. The molecule has 2 heteroatoms. The van der Waals surface area contributed by atoms with E-state index in [1.54, 1.807) is 6.08 Å². The standard InChI is InChI=1S/C17H18N2/c18-16(12-11-14-7-3-1-4-8-14)17(19)13-15-9-5-2-6-10-15/h1-12,17-18H,13,19H2. The molecule has 0 radical (unpaired) electrons. The molecule has 0 heterocycles. The first-order chi connectivity index (χ1) is 9.25. The molecule has 2 aromatic rings. The minimum atomic E-state index is -0.262. The molecule has 0 aliphatic heterocycles. The van der Waals surface area contributed by atoms with Gasteiger partial charge in [-0.05, 0) is 23.6 Å². The highest BCUT2D eigenvalue weighted by Crippen LogP contribution is 2.05. The number of rotatable bonds is 5. The Labute approximate surface area is 114 Å². The molecule has 0 saturated heterocycles. The molecule has 1 unspecified atom stereocenters. The molecular formula is C17H18N2. The predicted octanol–water partition coefficient (Wildman–Crippen LogP) is 3.29. The summed E-state index contributed by atoms with van der Waals surface area (Å²) >= 11 is 0. The lowest BCUT2D eigenvalue weighted by atomic mass is 10.0. The van der Waals surface area contributed by atoms with Crippen LogP contribution in [-0.4, -0.2) is 11.8 Å². The third-order valence-corrected chi connectivity index (χ3v) is 2.95. The zero-order valence-corrected chi connectivity index (χ0v) is 10.8. The maximum Gasteiger partial charge on any atom is 0.0503 e. The summed E-state index contributed by atoms with van der Waals surface area (Å²) in [6.07, 6.45) is 4.40. The molecule has 0 aromatic heterocycles. The quantitative estimate of drug-likeness (QED) is 0.786. The van der Waals surface area contributed by atoms with E-state index < -0.39 is 0 Å². The Morgan fingerprint density at radius 2 is 1.58 bits per heavy atom. The second-order valence-corrected chi connectivity index (χ2v) is 4.50. The van der Waals surface area contributed by atoms with E-state index in [9.17, 15) is 0 Å². The number of nitrogens with two attached hydrogens (primary N) is 1. The summed E-state index contributed by atoms with van der Waals surface area (Å²) in [6, 6.07) is 19.7. The van der Waals surface area contributed by atoms with Crippen molar-refractivity contribution in [3.63, 3.8) is 0 Å². The molecule has 3 N–H and O–H groups in total. The molecule has 0 spiro atoms. The van der Waals surface area contributed by atoms with Gasteiger partial charge in [0.25, 0.3) is 0 Å². The van der Waals surface area contributed by atoms with Crippen LogP contribution in [0.4, 0.5) is 0 Å². The molecule has 2 nitrogen and oxygen atoms in total. The van der Waals surface area contributed by atoms with Crippen LogP contribution in [0.1, 0.15) is 11.1 Å². The van der Waals surface area contributed by atoms with Crippen molar-refractivity contribution < 1.29 is 0 Å². The monoisotopic (exact) mass is 250 g/mol. The summed E-state index contributed by atoms with van der Waals surface area (Å²) in [5, 5.41) is 7.98. The van der Waals surface area contributed by atoms with E-state index in [4.69, 9.17) is 11.1 Å². The Bertz CT molecular complexity index is 544. The maximum absolute atomic E-state index is 7.98. The van der Waals surface area contributed by atoms with Gasteiger partial charge in [-0.3, -0.25) is 0 Å². The minimum Gasteiger partial charge on any atom is -0.322 e. The SMILES string of the molecule is N=C(C=Cc1ccccc1)C(N)Cc1ccccc1. The van der Waals surface area contributed by atoms with Gasteiger partial charge in [-0.2, -0.15) is 0 Å². The van der Waals surface area contributed by atoms with Crippen LogP contribution in [0.15, 0.2) is 66.7 Å². The number of hydrogen-bond acceptors (Lipinski definition) is 2. The third kappa shape index (κ3) is 4.19. The first-order valence-electron chi connectivity index (χ1n) is 6.37. The first-order valence-corrected chi connectivity index (χ1v) is 6.37. The highest BCUT2D eigenvalue weighted by Gasteiger charge is 2.07. The van der Waals surface area contributed by atoms with E-state index in [2.05, 4.69) is 0 Å². The van der Waals surface area contributed by atoms with Gasteiger partial charge in [0, 0.05) is 5.71 Å². The Balaban J connectivity index is 1.95. The topological polar surface area (TPSA) is 49.9 Å². The van der Waals surface area contributed by atoms with Gasteiger partial charge in [0.05, 0.1) is 6.04 Å². The Morgan fingerprint density at radius 3 is 2.21 bits per heavy atom. The fourth-order valence-corrected chi connectivity index (χ4v) is 1.85. The highest BCUT2D eigenvalue weighted by molar-refractivity contribution is 5.99. The van der Waals surface area contributed by atoms with Crippen LogP contribution in [-0.2, 0) is 6.42 Å². The zero-order chi connectivity index (χ0) is 13.5. The van der Waals surface area contributed by atoms with Crippen LogP contribution >= 0.6 is 0 Å². The van der Waals surface area contributed by atoms with Gasteiger partial charge >= 0.3 is 0 Å². The normalized spacial score (nSPS) is 12.5. The summed E-state index contributed by atoms with van der Waals surface area (Å²) in [5.41, 5.74) is 8.73. The van der Waals surface area contributed by atoms with E-state index in [1.165, 1.54) is 0 Å². The average molecular weight is 250 g/mol. The number of benzene rings is 2. The van der Waals surface area contributed by atoms with E-state index in [-0.39, 0.29) is 6.04 Å². The van der Waals surface area contributed by atoms with Gasteiger partial charge < -0.3 is 11.1 Å². The van der Waals surface area contributed by atoms with Crippen molar-refractivity contribution in [1.82, 2.24) is 0 Å². The van der Waals surface area contributed by atoms with Crippen LogP contribution in [0, 0.1) is 5.41 Å². The first kappa shape index (κ1) is 13.2. The number of nitrogens with one attached hydrogen (secondary N) is 1. The number of hydrogen-bond donors (Lipinski definition) is 2. The van der Waals surface area contributed by atoms with Crippen LogP contribution in [0.5, 0.6) is 0 Å². The van der Waals surface area contributed by atoms with E-state index >= 15 is 0 Å². The van der Waals surface area contributed by atoms with Gasteiger partial charge in [0.1, 0.15) is 0 Å². The van der Waals surface area contributed by atoms with Crippen LogP contribution in [0.3, 0.4) is 0 Å². The zero-order valence-electron chi connectivity index (χ0n) is 10.8. The van der Waals surface area contributed by atoms with Crippen LogP contribution in [0.25, 0.3) is 6.08 Å². The van der Waals surface area contributed by atoms with Crippen molar-refractivity contribution in [3.05, 3.63) is 77.9 Å². The predicted molar refractivity (Wildman–Crippen MR) is 81.3 cm³/mol. The van der Waals surface area contributed by atoms with Crippen molar-refractivity contribution in [2.24, 2.45) is 5.73 Å². The summed E-state index contributed by atoms with van der Waals surface area (Å²) in [6.45, 7) is 0. The van der Waals surface area contributed by atoms with Gasteiger partial charge in [-0.25, -0.2) is 0 Å². The molecule has 0 fully saturated rings. The molecule has 96 valence electrons. The average Bonchev–Trinajstić information content (AvgIpc) is 2.47. The summed E-state index contributed by atoms with van der Waals surface area (Å²) in [7, 11) is 0. The van der Waals surface area contributed by atoms with Crippen LogP contribution < -0.4 is 5.73 Å². The van der Waals surface area contributed by atoms with Gasteiger partial charge in [-0.1, -0.05) is 66.7 Å². The third-order valence-electron chi connectivity index (χ3n) is 2.95. The lowest BCUT2D eigenvalue weighted by molar-refractivity contribution is 0.847. The van der Waals surface area contributed by atoms with E-state index in [1.807, 2.05) is 66.7 Å². The Hall–Kier alpha value is -2.19. The van der Waals surface area contributed by atoms with Gasteiger partial charge in [0.2, 0.25) is 0 Å². The fourth-order valence-electron chi connectivity index (χ4n) is 1.85. The fraction of sp³-hybridized carbons (Fsp3) is 0.118. The second kappa shape index (κ2) is 6.66. The second-order valence-electron chi connectivity index (χ2n) is 4.50. The van der Waals surface area contributed by atoms with Crippen molar-refractivity contribution >= 4 is 11.8 Å². The summed E-state index contributed by atoms with van der Waals surface area (Å²) < 4.78 is 0. The summed E-state index contributed by atoms with van der Waals surface area (Å²) in [4.78, 5) is 0. The largest absolute Gasteiger partial charge is 0.322 e. The molecule has 0 amide bonds. The van der Waals surface area contributed by atoms with Crippen molar-refractivity contribution in [1.29, 1.82) is 5.41 Å².